The van der Waals surface area contributed by atoms with Gasteiger partial charge in [-0.25, -0.2) is 24.3 Å². The molecule has 4 aromatic rings. The van der Waals surface area contributed by atoms with Crippen molar-refractivity contribution in [1.82, 2.24) is 24.8 Å². The molecule has 0 fully saturated rings. The van der Waals surface area contributed by atoms with Gasteiger partial charge in [-0.1, -0.05) is 26.8 Å². The van der Waals surface area contributed by atoms with E-state index in [4.69, 9.17) is 4.74 Å². The molecular weight excluding hydrogens is 552 g/mol. The number of amides is 1. The largest absolute Gasteiger partial charge is 0.438 e. The molecule has 0 saturated carbocycles. The first-order valence-electron chi connectivity index (χ1n) is 13.1. The fraction of sp³-hybridized carbons (Fsp3) is 0.300. The minimum Gasteiger partial charge on any atom is -0.438 e. The van der Waals surface area contributed by atoms with Crippen LogP contribution in [0.5, 0.6) is 11.6 Å². The molecule has 2 aromatic carbocycles. The smallest absolute Gasteiger partial charge is 0.416 e. The molecule has 1 amide bonds. The van der Waals surface area contributed by atoms with E-state index in [-0.39, 0.29) is 17.3 Å². The number of pyridine rings is 1. The van der Waals surface area contributed by atoms with Crippen molar-refractivity contribution in [1.29, 1.82) is 0 Å². The van der Waals surface area contributed by atoms with Crippen LogP contribution in [-0.2, 0) is 18.0 Å². The lowest BCUT2D eigenvalue weighted by atomic mass is 9.82. The summed E-state index contributed by atoms with van der Waals surface area (Å²) in [5.74, 6) is -0.754. The highest BCUT2D eigenvalue weighted by molar-refractivity contribution is 6.05. The molecule has 2 aromatic heterocycles. The molecular formula is C30H30F4N6O2. The number of halogens is 4. The van der Waals surface area contributed by atoms with Crippen LogP contribution in [0.4, 0.5) is 23.2 Å². The summed E-state index contributed by atoms with van der Waals surface area (Å²) in [6.45, 7) is 6.07. The van der Waals surface area contributed by atoms with Crippen LogP contribution in [0.1, 0.15) is 48.1 Å². The Hall–Kier alpha value is -4.45. The van der Waals surface area contributed by atoms with Crippen LogP contribution in [-0.4, -0.2) is 51.4 Å². The number of hydrogen-bond donors (Lipinski definition) is 1. The maximum atomic E-state index is 14.9. The Morgan fingerprint density at radius 2 is 1.79 bits per heavy atom. The fourth-order valence-electron chi connectivity index (χ4n) is 4.61. The zero-order valence-corrected chi connectivity index (χ0v) is 23.8. The van der Waals surface area contributed by atoms with Crippen LogP contribution >= 0.6 is 0 Å². The lowest BCUT2D eigenvalue weighted by Gasteiger charge is -2.31. The molecule has 8 nitrogen and oxygen atoms in total. The summed E-state index contributed by atoms with van der Waals surface area (Å²) >= 11 is 0. The van der Waals surface area contributed by atoms with Crippen molar-refractivity contribution < 1.29 is 27.1 Å². The number of rotatable bonds is 9. The highest BCUT2D eigenvalue weighted by Gasteiger charge is 2.33. The molecule has 0 atom stereocenters. The van der Waals surface area contributed by atoms with Crippen molar-refractivity contribution in [2.75, 3.05) is 26.0 Å². The van der Waals surface area contributed by atoms with Crippen molar-refractivity contribution >= 4 is 11.6 Å². The minimum atomic E-state index is -4.64. The normalized spacial score (nSPS) is 12.0. The van der Waals surface area contributed by atoms with E-state index in [1.807, 2.05) is 39.8 Å². The Morgan fingerprint density at radius 1 is 1.02 bits per heavy atom. The topological polar surface area (TPSA) is 93.1 Å². The van der Waals surface area contributed by atoms with Crippen molar-refractivity contribution in [3.8, 4) is 23.0 Å². The van der Waals surface area contributed by atoms with E-state index in [1.165, 1.54) is 24.7 Å². The maximum absolute atomic E-state index is 14.9. The number of nitrogens with zero attached hydrogens (tertiary/aromatic N) is 5. The van der Waals surface area contributed by atoms with Gasteiger partial charge in [0.1, 0.15) is 23.7 Å². The maximum Gasteiger partial charge on any atom is 0.416 e. The molecule has 0 spiro atoms. The Morgan fingerprint density at radius 3 is 2.48 bits per heavy atom. The number of hydrogen-bond acceptors (Lipinski definition) is 7. The molecule has 0 aliphatic carbocycles. The van der Waals surface area contributed by atoms with Crippen LogP contribution in [0.15, 0.2) is 61.1 Å². The third-order valence-electron chi connectivity index (χ3n) is 6.38. The SMILES string of the molecule is CCc1ncnc(-c2cccnc2Oc2ccc(F)c(C(=O)Nc3cc(C(F)(F)F)ccc3C(C)(C)CN(C)C)c2)n1. The second-order valence-electron chi connectivity index (χ2n) is 10.5. The number of alkyl halides is 3. The summed E-state index contributed by atoms with van der Waals surface area (Å²) in [4.78, 5) is 32.1. The van der Waals surface area contributed by atoms with Gasteiger partial charge in [0.05, 0.1) is 16.7 Å². The molecule has 2 heterocycles. The summed E-state index contributed by atoms with van der Waals surface area (Å²) in [6.07, 6.45) is -1.19. The van der Waals surface area contributed by atoms with E-state index < -0.39 is 34.4 Å². The zero-order chi connectivity index (χ0) is 30.7. The van der Waals surface area contributed by atoms with E-state index >= 15 is 0 Å². The van der Waals surface area contributed by atoms with Gasteiger partial charge in [0.2, 0.25) is 5.88 Å². The number of likely N-dealkylation sites (N-methyl/N-ethyl adjacent to an activating group) is 1. The van der Waals surface area contributed by atoms with Gasteiger partial charge in [-0.3, -0.25) is 4.79 Å². The van der Waals surface area contributed by atoms with Gasteiger partial charge in [0, 0.05) is 30.3 Å². The number of benzene rings is 2. The van der Waals surface area contributed by atoms with Crippen molar-refractivity contribution in [2.24, 2.45) is 0 Å². The standard InChI is InChI=1S/C30H30F4N6O2/c1-6-25-36-17-37-26(39-25)20-8-7-13-35-28(20)42-19-10-12-23(31)21(15-19)27(41)38-24-14-18(30(32,33)34)9-11-22(24)29(2,3)16-40(4)5/h7-15,17H,6,16H2,1-5H3,(H,38,41). The van der Waals surface area contributed by atoms with Gasteiger partial charge in [0.15, 0.2) is 5.82 Å². The first kappa shape index (κ1) is 30.5. The third kappa shape index (κ3) is 7.06. The first-order chi connectivity index (χ1) is 19.8. The summed E-state index contributed by atoms with van der Waals surface area (Å²) < 4.78 is 61.5. The Bertz CT molecular complexity index is 1590. The van der Waals surface area contributed by atoms with Gasteiger partial charge in [0.25, 0.3) is 5.91 Å². The predicted octanol–water partition coefficient (Wildman–Crippen LogP) is 6.54. The highest BCUT2D eigenvalue weighted by Crippen LogP contribution is 2.37. The summed E-state index contributed by atoms with van der Waals surface area (Å²) in [6, 6.07) is 10.0. The lowest BCUT2D eigenvalue weighted by molar-refractivity contribution is -0.137. The number of aromatic nitrogens is 4. The van der Waals surface area contributed by atoms with E-state index in [0.29, 0.717) is 35.7 Å². The Kier molecular flexibility index (Phi) is 8.86. The molecule has 0 aliphatic heterocycles. The summed E-state index contributed by atoms with van der Waals surface area (Å²) in [7, 11) is 3.67. The molecule has 0 saturated heterocycles. The molecule has 0 unspecified atom stereocenters. The molecule has 0 bridgehead atoms. The van der Waals surface area contributed by atoms with Crippen LogP contribution in [0.2, 0.25) is 0 Å². The zero-order valence-electron chi connectivity index (χ0n) is 23.8. The van der Waals surface area contributed by atoms with Gasteiger partial charge in [-0.2, -0.15) is 13.2 Å². The minimum absolute atomic E-state index is 0.0685. The van der Waals surface area contributed by atoms with Crippen LogP contribution < -0.4 is 10.1 Å². The molecule has 12 heteroatoms. The number of carbonyl (C=O) groups excluding carboxylic acids is 1. The third-order valence-corrected chi connectivity index (χ3v) is 6.38. The molecule has 42 heavy (non-hydrogen) atoms. The average Bonchev–Trinajstić information content (AvgIpc) is 2.93. The van der Waals surface area contributed by atoms with Gasteiger partial charge >= 0.3 is 6.18 Å². The van der Waals surface area contributed by atoms with Gasteiger partial charge in [-0.15, -0.1) is 0 Å². The first-order valence-corrected chi connectivity index (χ1v) is 13.1. The van der Waals surface area contributed by atoms with E-state index in [2.05, 4.69) is 25.3 Å². The monoisotopic (exact) mass is 582 g/mol. The number of aryl methyl sites for hydroxylation is 1. The van der Waals surface area contributed by atoms with Crippen molar-refractivity contribution in [3.05, 3.63) is 89.4 Å². The van der Waals surface area contributed by atoms with Crippen molar-refractivity contribution in [2.45, 2.75) is 38.8 Å². The number of ether oxygens (including phenoxy) is 1. The Balaban J connectivity index is 1.68. The van der Waals surface area contributed by atoms with E-state index in [9.17, 15) is 22.4 Å². The second kappa shape index (κ2) is 12.2. The quantitative estimate of drug-likeness (QED) is 0.224. The molecule has 4 rings (SSSR count). The summed E-state index contributed by atoms with van der Waals surface area (Å²) in [5, 5.41) is 2.50. The van der Waals surface area contributed by atoms with E-state index in [1.54, 1.807) is 12.1 Å². The van der Waals surface area contributed by atoms with Gasteiger partial charge in [-0.05, 0) is 62.1 Å². The molecule has 0 aliphatic rings. The summed E-state index contributed by atoms with van der Waals surface area (Å²) in [5.41, 5.74) is -1.17. The van der Waals surface area contributed by atoms with E-state index in [0.717, 1.165) is 24.3 Å². The highest BCUT2D eigenvalue weighted by atomic mass is 19.4. The molecule has 0 radical (unpaired) electrons. The average molecular weight is 583 g/mol. The van der Waals surface area contributed by atoms with Crippen LogP contribution in [0.25, 0.3) is 11.4 Å². The second-order valence-corrected chi connectivity index (χ2v) is 10.5. The fourth-order valence-corrected chi connectivity index (χ4v) is 4.61. The van der Waals surface area contributed by atoms with Crippen molar-refractivity contribution in [3.63, 3.8) is 0 Å². The predicted molar refractivity (Wildman–Crippen MR) is 150 cm³/mol. The van der Waals surface area contributed by atoms with Crippen LogP contribution in [0, 0.1) is 5.82 Å². The number of carbonyl (C=O) groups is 1. The molecule has 220 valence electrons. The molecule has 1 N–H and O–H groups in total. The van der Waals surface area contributed by atoms with Gasteiger partial charge < -0.3 is 15.0 Å². The number of nitrogens with one attached hydrogen (secondary N) is 1. The lowest BCUT2D eigenvalue weighted by Crippen LogP contribution is -2.33. The number of anilines is 1. The Labute approximate surface area is 240 Å². The van der Waals surface area contributed by atoms with Crippen LogP contribution in [0.3, 0.4) is 0 Å².